The van der Waals surface area contributed by atoms with E-state index in [0.717, 1.165) is 38.5 Å². The van der Waals surface area contributed by atoms with Gasteiger partial charge in [0.25, 0.3) is 5.91 Å². The summed E-state index contributed by atoms with van der Waals surface area (Å²) in [6.07, 6.45) is 9.68. The maximum absolute atomic E-state index is 12.2. The van der Waals surface area contributed by atoms with Crippen molar-refractivity contribution in [2.24, 2.45) is 0 Å². The highest BCUT2D eigenvalue weighted by molar-refractivity contribution is 7.89. The van der Waals surface area contributed by atoms with Crippen molar-refractivity contribution in [1.82, 2.24) is 10.0 Å². The monoisotopic (exact) mass is 430 g/mol. The molecule has 2 rings (SSSR count). The van der Waals surface area contributed by atoms with Crippen LogP contribution in [0.1, 0.15) is 64.7 Å². The fourth-order valence-electron chi connectivity index (χ4n) is 3.25. The number of amides is 1. The first-order chi connectivity index (χ1) is 13.4. The van der Waals surface area contributed by atoms with Crippen molar-refractivity contribution in [2.45, 2.75) is 75.6 Å². The summed E-state index contributed by atoms with van der Waals surface area (Å²) in [5.41, 5.74) is 0. The molecule has 1 aromatic carbocycles. The molecule has 1 fully saturated rings. The number of carbonyl (C=O) groups excluding carboxylic acids is 1. The second-order valence-corrected chi connectivity index (χ2v) is 9.42. The third kappa shape index (κ3) is 7.60. The van der Waals surface area contributed by atoms with E-state index >= 15 is 0 Å². The number of ether oxygens (including phenoxy) is 1. The van der Waals surface area contributed by atoms with Crippen molar-refractivity contribution in [2.75, 3.05) is 13.2 Å². The maximum Gasteiger partial charge on any atom is 0.258 e. The van der Waals surface area contributed by atoms with E-state index < -0.39 is 10.0 Å². The molecule has 0 aromatic heterocycles. The summed E-state index contributed by atoms with van der Waals surface area (Å²) in [6, 6.07) is 4.47. The summed E-state index contributed by atoms with van der Waals surface area (Å²) in [7, 11) is -3.60. The second-order valence-electron chi connectivity index (χ2n) is 7.24. The summed E-state index contributed by atoms with van der Waals surface area (Å²) in [4.78, 5) is 12.3. The molecule has 2 N–H and O–H groups in total. The Morgan fingerprint density at radius 2 is 1.86 bits per heavy atom. The number of unbranched alkanes of at least 4 members (excludes halogenated alkanes) is 1. The number of benzene rings is 1. The van der Waals surface area contributed by atoms with Gasteiger partial charge in [-0.05, 0) is 37.5 Å². The number of rotatable bonds is 9. The first kappa shape index (κ1) is 23.0. The Labute approximate surface area is 173 Å². The first-order valence-electron chi connectivity index (χ1n) is 10.1. The molecular formula is C20H31ClN2O4S. The van der Waals surface area contributed by atoms with Gasteiger partial charge in [0.2, 0.25) is 10.0 Å². The van der Waals surface area contributed by atoms with Crippen molar-refractivity contribution in [1.29, 1.82) is 0 Å². The Kier molecular flexibility index (Phi) is 9.55. The van der Waals surface area contributed by atoms with Gasteiger partial charge in [-0.3, -0.25) is 4.79 Å². The molecule has 0 heterocycles. The van der Waals surface area contributed by atoms with Crippen molar-refractivity contribution in [3.8, 4) is 5.75 Å². The largest absolute Gasteiger partial charge is 0.482 e. The Hall–Kier alpha value is -1.31. The molecule has 0 bridgehead atoms. The standard InChI is InChI=1S/C20H31ClN2O4S/c1-2-3-13-22-28(25,26)17-11-12-19(18(21)14-17)27-15-20(24)23-16-9-7-5-4-6-8-10-16/h11-12,14,16,22H,2-10,13,15H2,1H3,(H,23,24). The smallest absolute Gasteiger partial charge is 0.258 e. The number of sulfonamides is 1. The van der Waals surface area contributed by atoms with Crippen LogP contribution in [-0.2, 0) is 14.8 Å². The van der Waals surface area contributed by atoms with Gasteiger partial charge in [0.1, 0.15) is 5.75 Å². The van der Waals surface area contributed by atoms with Crippen molar-refractivity contribution < 1.29 is 17.9 Å². The van der Waals surface area contributed by atoms with Crippen LogP contribution in [0.4, 0.5) is 0 Å². The average Bonchev–Trinajstić information content (AvgIpc) is 2.63. The van der Waals surface area contributed by atoms with Crippen molar-refractivity contribution in [3.05, 3.63) is 23.2 Å². The Morgan fingerprint density at radius 1 is 1.18 bits per heavy atom. The lowest BCUT2D eigenvalue weighted by atomic mass is 9.97. The Balaban J connectivity index is 1.87. The van der Waals surface area contributed by atoms with Crippen molar-refractivity contribution in [3.63, 3.8) is 0 Å². The second kappa shape index (κ2) is 11.6. The van der Waals surface area contributed by atoms with Gasteiger partial charge in [-0.25, -0.2) is 13.1 Å². The molecule has 1 aromatic rings. The van der Waals surface area contributed by atoms with Crippen LogP contribution in [0.2, 0.25) is 5.02 Å². The zero-order valence-corrected chi connectivity index (χ0v) is 18.1. The number of hydrogen-bond acceptors (Lipinski definition) is 4. The van der Waals surface area contributed by atoms with Gasteiger partial charge in [0, 0.05) is 12.6 Å². The zero-order valence-electron chi connectivity index (χ0n) is 16.5. The molecule has 0 radical (unpaired) electrons. The molecule has 1 aliphatic carbocycles. The molecule has 0 saturated heterocycles. The molecular weight excluding hydrogens is 400 g/mol. The van der Waals surface area contributed by atoms with E-state index in [9.17, 15) is 13.2 Å². The van der Waals surface area contributed by atoms with Gasteiger partial charge in [-0.15, -0.1) is 0 Å². The summed E-state index contributed by atoms with van der Waals surface area (Å²) in [6.45, 7) is 2.23. The molecule has 1 amide bonds. The summed E-state index contributed by atoms with van der Waals surface area (Å²) in [5, 5.41) is 3.19. The van der Waals surface area contributed by atoms with Gasteiger partial charge in [-0.2, -0.15) is 0 Å². The fourth-order valence-corrected chi connectivity index (χ4v) is 4.65. The lowest BCUT2D eigenvalue weighted by Crippen LogP contribution is -2.38. The van der Waals surface area contributed by atoms with E-state index in [2.05, 4.69) is 10.0 Å². The van der Waals surface area contributed by atoms with Crippen LogP contribution < -0.4 is 14.8 Å². The Bertz CT molecular complexity index is 732. The van der Waals surface area contributed by atoms with E-state index in [4.69, 9.17) is 16.3 Å². The molecule has 28 heavy (non-hydrogen) atoms. The molecule has 0 unspecified atom stereocenters. The highest BCUT2D eigenvalue weighted by Crippen LogP contribution is 2.27. The van der Waals surface area contributed by atoms with Crippen LogP contribution in [-0.4, -0.2) is 33.5 Å². The highest BCUT2D eigenvalue weighted by Gasteiger charge is 2.17. The molecule has 1 aliphatic rings. The van der Waals surface area contributed by atoms with Crippen LogP contribution in [0, 0.1) is 0 Å². The first-order valence-corrected chi connectivity index (χ1v) is 12.0. The van der Waals surface area contributed by atoms with Crippen LogP contribution in [0.15, 0.2) is 23.1 Å². The predicted molar refractivity (Wildman–Crippen MR) is 111 cm³/mol. The average molecular weight is 431 g/mol. The van der Waals surface area contributed by atoms with Gasteiger partial charge in [0.15, 0.2) is 6.61 Å². The number of hydrogen-bond donors (Lipinski definition) is 2. The minimum absolute atomic E-state index is 0.0833. The van der Waals surface area contributed by atoms with Gasteiger partial charge < -0.3 is 10.1 Å². The van der Waals surface area contributed by atoms with Crippen LogP contribution >= 0.6 is 11.6 Å². The summed E-state index contributed by atoms with van der Waals surface area (Å²) < 4.78 is 32.5. The van der Waals surface area contributed by atoms with E-state index in [1.807, 2.05) is 6.92 Å². The molecule has 1 saturated carbocycles. The third-order valence-electron chi connectivity index (χ3n) is 4.87. The quantitative estimate of drug-likeness (QED) is 0.579. The number of halogens is 1. The molecule has 0 spiro atoms. The van der Waals surface area contributed by atoms with Gasteiger partial charge >= 0.3 is 0 Å². The molecule has 0 aliphatic heterocycles. The van der Waals surface area contributed by atoms with E-state index in [-0.39, 0.29) is 28.5 Å². The van der Waals surface area contributed by atoms with Gasteiger partial charge in [-0.1, -0.05) is 57.0 Å². The minimum atomic E-state index is -3.60. The molecule has 0 atom stereocenters. The number of carbonyl (C=O) groups is 1. The number of nitrogens with one attached hydrogen (secondary N) is 2. The predicted octanol–water partition coefficient (Wildman–Crippen LogP) is 4.03. The summed E-state index contributed by atoms with van der Waals surface area (Å²) in [5.74, 6) is 0.113. The maximum atomic E-state index is 12.2. The van der Waals surface area contributed by atoms with E-state index in [1.165, 1.54) is 37.5 Å². The van der Waals surface area contributed by atoms with E-state index in [0.29, 0.717) is 12.3 Å². The van der Waals surface area contributed by atoms with Crippen LogP contribution in [0.3, 0.4) is 0 Å². The lowest BCUT2D eigenvalue weighted by Gasteiger charge is -2.21. The molecule has 8 heteroatoms. The molecule has 6 nitrogen and oxygen atoms in total. The third-order valence-corrected chi connectivity index (χ3v) is 6.62. The van der Waals surface area contributed by atoms with Crippen LogP contribution in [0.25, 0.3) is 0 Å². The van der Waals surface area contributed by atoms with E-state index in [1.54, 1.807) is 0 Å². The minimum Gasteiger partial charge on any atom is -0.482 e. The normalized spacial score (nSPS) is 16.2. The highest BCUT2D eigenvalue weighted by atomic mass is 35.5. The lowest BCUT2D eigenvalue weighted by molar-refractivity contribution is -0.123. The van der Waals surface area contributed by atoms with Crippen molar-refractivity contribution >= 4 is 27.5 Å². The van der Waals surface area contributed by atoms with Gasteiger partial charge in [0.05, 0.1) is 9.92 Å². The topological polar surface area (TPSA) is 84.5 Å². The van der Waals surface area contributed by atoms with Crippen LogP contribution in [0.5, 0.6) is 5.75 Å². The summed E-state index contributed by atoms with van der Waals surface area (Å²) >= 11 is 6.16. The SMILES string of the molecule is CCCCNS(=O)(=O)c1ccc(OCC(=O)NC2CCCCCCC2)c(Cl)c1. The fraction of sp³-hybridized carbons (Fsp3) is 0.650. The molecule has 158 valence electrons. The zero-order chi connectivity index (χ0) is 20.4. The Morgan fingerprint density at radius 3 is 2.50 bits per heavy atom.